The molecule has 0 saturated carbocycles. The Hall–Kier alpha value is -2.93. The lowest BCUT2D eigenvalue weighted by molar-refractivity contribution is -0.133. The maximum atomic E-state index is 12.6. The number of carbonyl (C=O) groups excluding carboxylic acids is 2. The van der Waals surface area contributed by atoms with Gasteiger partial charge in [-0.1, -0.05) is 43.7 Å². The van der Waals surface area contributed by atoms with Crippen molar-refractivity contribution in [3.8, 4) is 0 Å². The fourth-order valence-corrected chi connectivity index (χ4v) is 3.68. The molecule has 31 heavy (non-hydrogen) atoms. The molecule has 1 aromatic carbocycles. The Kier molecular flexibility index (Phi) is 9.00. The van der Waals surface area contributed by atoms with Gasteiger partial charge in [0.1, 0.15) is 0 Å². The quantitative estimate of drug-likeness (QED) is 0.525. The Morgan fingerprint density at radius 3 is 2.52 bits per heavy atom. The molecule has 7 nitrogen and oxygen atoms in total. The SMILES string of the molecule is CCC(CC)O[C@@H]1C=C(C(=O)O)C[C@H](NC(=O)/C=C/c2cccc(C)c2)[C@H]1NC(C)=O. The van der Waals surface area contributed by atoms with Crippen molar-refractivity contribution < 1.29 is 24.2 Å². The standard InChI is InChI=1S/C24H32N2O5/c1-5-19(6-2)31-21-14-18(24(29)30)13-20(23(21)25-16(4)27)26-22(28)11-10-17-9-7-8-15(3)12-17/h7-12,14,19-21,23H,5-6,13H2,1-4H3,(H,25,27)(H,26,28)(H,29,30)/b11-10+/t20-,21+,23+/m0/s1. The number of hydrogen-bond donors (Lipinski definition) is 3. The van der Waals surface area contributed by atoms with Gasteiger partial charge in [0.25, 0.3) is 0 Å². The van der Waals surface area contributed by atoms with Gasteiger partial charge in [-0.2, -0.15) is 0 Å². The smallest absolute Gasteiger partial charge is 0.331 e. The van der Waals surface area contributed by atoms with E-state index in [-0.39, 0.29) is 29.9 Å². The summed E-state index contributed by atoms with van der Waals surface area (Å²) >= 11 is 0. The van der Waals surface area contributed by atoms with Gasteiger partial charge in [0, 0.05) is 25.0 Å². The van der Waals surface area contributed by atoms with Gasteiger partial charge in [0.2, 0.25) is 11.8 Å². The van der Waals surface area contributed by atoms with Crippen LogP contribution in [0.3, 0.4) is 0 Å². The van der Waals surface area contributed by atoms with Gasteiger partial charge in [-0.3, -0.25) is 9.59 Å². The van der Waals surface area contributed by atoms with E-state index in [9.17, 15) is 19.5 Å². The minimum absolute atomic E-state index is 0.0804. The van der Waals surface area contributed by atoms with Crippen LogP contribution < -0.4 is 10.6 Å². The maximum absolute atomic E-state index is 12.6. The van der Waals surface area contributed by atoms with Crippen molar-refractivity contribution in [3.05, 3.63) is 53.1 Å². The molecular formula is C24H32N2O5. The molecule has 0 fully saturated rings. The number of rotatable bonds is 9. The van der Waals surface area contributed by atoms with Gasteiger partial charge in [0.05, 0.1) is 24.3 Å². The van der Waals surface area contributed by atoms with E-state index in [4.69, 9.17) is 4.74 Å². The summed E-state index contributed by atoms with van der Waals surface area (Å²) in [5.41, 5.74) is 2.13. The average Bonchev–Trinajstić information content (AvgIpc) is 2.71. The fraction of sp³-hybridized carbons (Fsp3) is 0.458. The predicted molar refractivity (Wildman–Crippen MR) is 119 cm³/mol. The Morgan fingerprint density at radius 2 is 1.94 bits per heavy atom. The van der Waals surface area contributed by atoms with Crippen molar-refractivity contribution >= 4 is 23.9 Å². The number of ether oxygens (including phenoxy) is 1. The van der Waals surface area contributed by atoms with Crippen LogP contribution in [0, 0.1) is 6.92 Å². The molecule has 0 bridgehead atoms. The number of carboxylic acids is 1. The summed E-state index contributed by atoms with van der Waals surface area (Å²) in [6.07, 6.45) is 5.53. The molecule has 0 aliphatic heterocycles. The highest BCUT2D eigenvalue weighted by Gasteiger charge is 2.38. The maximum Gasteiger partial charge on any atom is 0.331 e. The number of hydrogen-bond acceptors (Lipinski definition) is 4. The minimum Gasteiger partial charge on any atom is -0.478 e. The van der Waals surface area contributed by atoms with Gasteiger partial charge >= 0.3 is 5.97 Å². The van der Waals surface area contributed by atoms with Crippen molar-refractivity contribution in [2.45, 2.75) is 71.2 Å². The highest BCUT2D eigenvalue weighted by molar-refractivity contribution is 5.92. The summed E-state index contributed by atoms with van der Waals surface area (Å²) in [5.74, 6) is -1.70. The highest BCUT2D eigenvalue weighted by atomic mass is 16.5. The Labute approximate surface area is 183 Å². The first kappa shape index (κ1) is 24.3. The minimum atomic E-state index is -1.06. The second-order valence-corrected chi connectivity index (χ2v) is 7.83. The third-order valence-corrected chi connectivity index (χ3v) is 5.29. The lowest BCUT2D eigenvalue weighted by atomic mass is 9.87. The number of amides is 2. The number of aryl methyl sites for hydroxylation is 1. The molecule has 2 amide bonds. The van der Waals surface area contributed by atoms with Gasteiger partial charge < -0.3 is 20.5 Å². The van der Waals surface area contributed by atoms with Crippen molar-refractivity contribution in [2.24, 2.45) is 0 Å². The summed E-state index contributed by atoms with van der Waals surface area (Å²) in [6.45, 7) is 7.33. The Morgan fingerprint density at radius 1 is 1.23 bits per heavy atom. The molecule has 3 N–H and O–H groups in total. The van der Waals surface area contributed by atoms with Gasteiger partial charge in [-0.15, -0.1) is 0 Å². The van der Waals surface area contributed by atoms with Crippen molar-refractivity contribution in [2.75, 3.05) is 0 Å². The summed E-state index contributed by atoms with van der Waals surface area (Å²) < 4.78 is 6.11. The van der Waals surface area contributed by atoms with E-state index in [1.54, 1.807) is 12.2 Å². The molecule has 0 heterocycles. The fourth-order valence-electron chi connectivity index (χ4n) is 3.68. The molecule has 0 spiro atoms. The van der Waals surface area contributed by atoms with Crippen LogP contribution in [0.5, 0.6) is 0 Å². The van der Waals surface area contributed by atoms with E-state index < -0.39 is 24.2 Å². The van der Waals surface area contributed by atoms with Crippen molar-refractivity contribution in [3.63, 3.8) is 0 Å². The number of benzene rings is 1. The highest BCUT2D eigenvalue weighted by Crippen LogP contribution is 2.24. The van der Waals surface area contributed by atoms with Crippen LogP contribution in [0.25, 0.3) is 6.08 Å². The van der Waals surface area contributed by atoms with Crippen LogP contribution in [0.2, 0.25) is 0 Å². The molecule has 2 rings (SSSR count). The number of nitrogens with one attached hydrogen (secondary N) is 2. The molecule has 0 aromatic heterocycles. The predicted octanol–water partition coefficient (Wildman–Crippen LogP) is 2.99. The molecular weight excluding hydrogens is 396 g/mol. The zero-order chi connectivity index (χ0) is 23.0. The van der Waals surface area contributed by atoms with E-state index in [0.29, 0.717) is 0 Å². The van der Waals surface area contributed by atoms with Crippen molar-refractivity contribution in [1.82, 2.24) is 10.6 Å². The van der Waals surface area contributed by atoms with Crippen LogP contribution in [0.15, 0.2) is 42.0 Å². The summed E-state index contributed by atoms with van der Waals surface area (Å²) in [4.78, 5) is 36.1. The van der Waals surface area contributed by atoms with Crippen molar-refractivity contribution in [1.29, 1.82) is 0 Å². The molecule has 0 unspecified atom stereocenters. The normalized spacial score (nSPS) is 21.1. The third-order valence-electron chi connectivity index (χ3n) is 5.29. The molecule has 0 radical (unpaired) electrons. The Bertz CT molecular complexity index is 857. The van der Waals surface area contributed by atoms with Gasteiger partial charge in [-0.25, -0.2) is 4.79 Å². The van der Waals surface area contributed by atoms with Crippen LogP contribution in [0.1, 0.15) is 51.2 Å². The van der Waals surface area contributed by atoms with Crippen LogP contribution in [0.4, 0.5) is 0 Å². The third kappa shape index (κ3) is 7.36. The van der Waals surface area contributed by atoms with Gasteiger partial charge in [-0.05, 0) is 37.5 Å². The van der Waals surface area contributed by atoms with E-state index in [2.05, 4.69) is 10.6 Å². The van der Waals surface area contributed by atoms with Crippen LogP contribution in [-0.4, -0.2) is 47.2 Å². The molecule has 168 valence electrons. The summed E-state index contributed by atoms with van der Waals surface area (Å²) in [6, 6.07) is 6.53. The molecule has 3 atom stereocenters. The molecule has 0 saturated heterocycles. The molecule has 1 aliphatic rings. The van der Waals surface area contributed by atoms with E-state index in [0.717, 1.165) is 24.0 Å². The number of aliphatic carboxylic acids is 1. The summed E-state index contributed by atoms with van der Waals surface area (Å²) in [7, 11) is 0. The van der Waals surface area contributed by atoms with E-state index >= 15 is 0 Å². The first-order chi connectivity index (χ1) is 14.7. The first-order valence-corrected chi connectivity index (χ1v) is 10.6. The lowest BCUT2D eigenvalue weighted by Crippen LogP contribution is -2.59. The van der Waals surface area contributed by atoms with Crippen LogP contribution in [-0.2, 0) is 19.1 Å². The topological polar surface area (TPSA) is 105 Å². The van der Waals surface area contributed by atoms with Crippen LogP contribution >= 0.6 is 0 Å². The molecule has 7 heteroatoms. The largest absolute Gasteiger partial charge is 0.478 e. The average molecular weight is 429 g/mol. The number of carboxylic acid groups (broad SMARTS) is 1. The zero-order valence-corrected chi connectivity index (χ0v) is 18.6. The number of carbonyl (C=O) groups is 3. The van der Waals surface area contributed by atoms with E-state index in [1.807, 2.05) is 45.0 Å². The zero-order valence-electron chi connectivity index (χ0n) is 18.6. The first-order valence-electron chi connectivity index (χ1n) is 10.6. The second-order valence-electron chi connectivity index (χ2n) is 7.83. The Balaban J connectivity index is 2.24. The van der Waals surface area contributed by atoms with E-state index in [1.165, 1.54) is 13.0 Å². The second kappa shape index (κ2) is 11.5. The molecule has 1 aliphatic carbocycles. The van der Waals surface area contributed by atoms with Gasteiger partial charge in [0.15, 0.2) is 0 Å². The molecule has 1 aromatic rings. The monoisotopic (exact) mass is 428 g/mol. The summed E-state index contributed by atoms with van der Waals surface area (Å²) in [5, 5.41) is 15.3. The lowest BCUT2D eigenvalue weighted by Gasteiger charge is -2.38.